The number of allylic oxidation sites excluding steroid dienone is 3. The van der Waals surface area contributed by atoms with E-state index in [0.717, 1.165) is 5.57 Å². The predicted octanol–water partition coefficient (Wildman–Crippen LogP) is 4.45. The van der Waals surface area contributed by atoms with Crippen molar-refractivity contribution >= 4 is 17.7 Å². The Morgan fingerprint density at radius 3 is 2.33 bits per heavy atom. The van der Waals surface area contributed by atoms with E-state index < -0.39 is 42.8 Å². The highest BCUT2D eigenvalue weighted by atomic mass is 16.7. The van der Waals surface area contributed by atoms with Crippen LogP contribution in [0.1, 0.15) is 80.1 Å². The molecule has 0 aromatic heterocycles. The first-order valence-electron chi connectivity index (χ1n) is 16.6. The zero-order valence-electron chi connectivity index (χ0n) is 29.6. The van der Waals surface area contributed by atoms with Gasteiger partial charge in [-0.15, -0.1) is 0 Å². The molecule has 2 rings (SSSR count). The van der Waals surface area contributed by atoms with Crippen molar-refractivity contribution in [3.63, 3.8) is 0 Å². The summed E-state index contributed by atoms with van der Waals surface area (Å²) in [6.07, 6.45) is 4.41. The lowest BCUT2D eigenvalue weighted by Gasteiger charge is -2.45. The fraction of sp³-hybridized carbons (Fsp3) is 0.800. The van der Waals surface area contributed by atoms with Gasteiger partial charge in [-0.25, -0.2) is 0 Å². The maximum absolute atomic E-state index is 13.4. The average Bonchev–Trinajstić information content (AvgIpc) is 3.01. The number of esters is 2. The van der Waals surface area contributed by atoms with Gasteiger partial charge in [-0.3, -0.25) is 14.4 Å². The van der Waals surface area contributed by atoms with Crippen LogP contribution in [0.15, 0.2) is 23.8 Å². The molecule has 0 aromatic rings. The molecule has 0 aliphatic carbocycles. The number of ether oxygens (including phenoxy) is 6. The number of ketones is 1. The van der Waals surface area contributed by atoms with E-state index in [2.05, 4.69) is 0 Å². The molecule has 0 radical (unpaired) electrons. The van der Waals surface area contributed by atoms with Gasteiger partial charge in [0.1, 0.15) is 6.10 Å². The Balaban J connectivity index is 2.60. The van der Waals surface area contributed by atoms with Gasteiger partial charge >= 0.3 is 11.9 Å². The molecule has 11 nitrogen and oxygen atoms in total. The van der Waals surface area contributed by atoms with Crippen LogP contribution >= 0.6 is 0 Å². The molecule has 2 aliphatic heterocycles. The summed E-state index contributed by atoms with van der Waals surface area (Å²) in [5.41, 5.74) is 0.793. The van der Waals surface area contributed by atoms with Crippen molar-refractivity contribution < 1.29 is 47.9 Å². The van der Waals surface area contributed by atoms with Gasteiger partial charge in [0, 0.05) is 45.8 Å². The summed E-state index contributed by atoms with van der Waals surface area (Å²) in [6, 6.07) is -0.148. The number of cyclic esters (lactones) is 1. The Bertz CT molecular complexity index is 1020. The first-order chi connectivity index (χ1) is 21.7. The second-order valence-corrected chi connectivity index (χ2v) is 13.2. The summed E-state index contributed by atoms with van der Waals surface area (Å²) in [5, 5.41) is 10.1. The van der Waals surface area contributed by atoms with E-state index in [1.807, 2.05) is 59.7 Å². The molecule has 46 heavy (non-hydrogen) atoms. The molecule has 2 heterocycles. The lowest BCUT2D eigenvalue weighted by atomic mass is 9.80. The van der Waals surface area contributed by atoms with Gasteiger partial charge in [-0.2, -0.15) is 0 Å². The van der Waals surface area contributed by atoms with Gasteiger partial charge in [-0.1, -0.05) is 38.5 Å². The summed E-state index contributed by atoms with van der Waals surface area (Å²) >= 11 is 0. The maximum atomic E-state index is 13.4. The SMILES string of the molecule is CC[C@H]1OC(=O)CC[C@H](C)[C@@H](OC2OC(C)CC(N(C)C)C2OC(C)=O)[C@@H](CC(OC)OC)C[C@@H](C)C(=O)C=CC(C)=C[C@@H]1CO. The van der Waals surface area contributed by atoms with Gasteiger partial charge in [0.25, 0.3) is 0 Å². The van der Waals surface area contributed by atoms with Crippen molar-refractivity contribution in [1.82, 2.24) is 4.90 Å². The van der Waals surface area contributed by atoms with Crippen LogP contribution in [0.5, 0.6) is 0 Å². The summed E-state index contributed by atoms with van der Waals surface area (Å²) in [6.45, 7) is 10.8. The predicted molar refractivity (Wildman–Crippen MR) is 174 cm³/mol. The molecule has 10 atom stereocenters. The zero-order chi connectivity index (χ0) is 34.6. The number of aliphatic hydroxyl groups excluding tert-OH is 1. The van der Waals surface area contributed by atoms with Gasteiger partial charge in [0.2, 0.25) is 0 Å². The molecule has 1 fully saturated rings. The van der Waals surface area contributed by atoms with Crippen molar-refractivity contribution in [1.29, 1.82) is 0 Å². The molecule has 0 spiro atoms. The maximum Gasteiger partial charge on any atom is 0.306 e. The summed E-state index contributed by atoms with van der Waals surface area (Å²) in [7, 11) is 7.01. The molecular weight excluding hydrogens is 594 g/mol. The van der Waals surface area contributed by atoms with E-state index in [0.29, 0.717) is 32.1 Å². The van der Waals surface area contributed by atoms with Crippen molar-refractivity contribution in [3.05, 3.63) is 23.8 Å². The third kappa shape index (κ3) is 12.1. The van der Waals surface area contributed by atoms with Crippen LogP contribution in [0, 0.1) is 23.7 Å². The number of carbonyl (C=O) groups excluding carboxylic acids is 3. The van der Waals surface area contributed by atoms with E-state index >= 15 is 0 Å². The van der Waals surface area contributed by atoms with E-state index in [1.54, 1.807) is 26.4 Å². The third-order valence-corrected chi connectivity index (χ3v) is 9.20. The van der Waals surface area contributed by atoms with Crippen molar-refractivity contribution in [3.8, 4) is 0 Å². The Hall–Kier alpha value is -2.15. The van der Waals surface area contributed by atoms with Crippen LogP contribution in [0.2, 0.25) is 0 Å². The monoisotopic (exact) mass is 653 g/mol. The number of hydrogen-bond acceptors (Lipinski definition) is 11. The molecule has 1 saturated heterocycles. The van der Waals surface area contributed by atoms with Crippen LogP contribution in [-0.2, 0) is 42.8 Å². The summed E-state index contributed by atoms with van der Waals surface area (Å²) < 4.78 is 36.1. The largest absolute Gasteiger partial charge is 0.462 e. The van der Waals surface area contributed by atoms with Crippen molar-refractivity contribution in [2.75, 3.05) is 34.9 Å². The van der Waals surface area contributed by atoms with Crippen LogP contribution in [0.3, 0.4) is 0 Å². The van der Waals surface area contributed by atoms with E-state index in [-0.39, 0.29) is 54.7 Å². The fourth-order valence-electron chi connectivity index (χ4n) is 6.55. The molecule has 0 amide bonds. The summed E-state index contributed by atoms with van der Waals surface area (Å²) in [4.78, 5) is 40.9. The minimum Gasteiger partial charge on any atom is -0.462 e. The molecule has 264 valence electrons. The quantitative estimate of drug-likeness (QED) is 0.265. The molecule has 11 heteroatoms. The summed E-state index contributed by atoms with van der Waals surface area (Å²) in [5.74, 6) is -2.07. The fourth-order valence-corrected chi connectivity index (χ4v) is 6.55. The lowest BCUT2D eigenvalue weighted by molar-refractivity contribution is -0.286. The number of likely N-dealkylation sites (N-methyl/N-ethyl adjacent to an activating group) is 1. The van der Waals surface area contributed by atoms with Crippen molar-refractivity contribution in [2.24, 2.45) is 23.7 Å². The number of carbonyl (C=O) groups is 3. The first-order valence-corrected chi connectivity index (χ1v) is 16.6. The van der Waals surface area contributed by atoms with E-state index in [4.69, 9.17) is 28.4 Å². The van der Waals surface area contributed by atoms with Gasteiger partial charge in [0.15, 0.2) is 24.5 Å². The molecule has 4 unspecified atom stereocenters. The van der Waals surface area contributed by atoms with Crippen LogP contribution in [0.4, 0.5) is 0 Å². The molecule has 0 bridgehead atoms. The Morgan fingerprint density at radius 1 is 1.09 bits per heavy atom. The smallest absolute Gasteiger partial charge is 0.306 e. The average molecular weight is 654 g/mol. The van der Waals surface area contributed by atoms with Crippen LogP contribution in [-0.4, -0.2) is 106 Å². The second-order valence-electron chi connectivity index (χ2n) is 13.2. The minimum atomic E-state index is -0.885. The molecule has 0 saturated carbocycles. The topological polar surface area (TPSA) is 130 Å². The Kier molecular flexibility index (Phi) is 17.1. The zero-order valence-corrected chi connectivity index (χ0v) is 29.6. The normalized spacial score (nSPS) is 34.0. The van der Waals surface area contributed by atoms with Crippen LogP contribution < -0.4 is 0 Å². The van der Waals surface area contributed by atoms with Crippen molar-refractivity contribution in [2.45, 2.75) is 123 Å². The highest BCUT2D eigenvalue weighted by molar-refractivity contribution is 5.91. The van der Waals surface area contributed by atoms with Crippen LogP contribution in [0.25, 0.3) is 0 Å². The number of rotatable bonds is 10. The molecular formula is C35H59NO10. The third-order valence-electron chi connectivity index (χ3n) is 9.20. The van der Waals surface area contributed by atoms with E-state index in [9.17, 15) is 19.5 Å². The molecule has 0 aromatic carbocycles. The second kappa shape index (κ2) is 19.6. The Morgan fingerprint density at radius 2 is 1.76 bits per heavy atom. The minimum absolute atomic E-state index is 0.0466. The number of methoxy groups -OCH3 is 2. The Labute approximate surface area is 275 Å². The standard InChI is InChI=1S/C35H59NO10/c1-11-30-27(20-37)16-21(2)12-14-29(39)23(4)17-26(19-32(41-9)42-10)33(22(3)13-15-31(40)45-30)46-35-34(44-25(6)38)28(36(7)8)18-24(5)43-35/h12,14,16,22-24,26-28,30,32-35,37H,11,13,15,17-20H2,1-10H3/t22-,23+,24?,26+,27+,28?,30+,33+,34?,35?/m0/s1. The van der Waals surface area contributed by atoms with E-state index in [1.165, 1.54) is 6.92 Å². The molecule has 2 aliphatic rings. The van der Waals surface area contributed by atoms with Gasteiger partial charge in [-0.05, 0) is 71.5 Å². The molecule has 1 N–H and O–H groups in total. The van der Waals surface area contributed by atoms with Gasteiger partial charge < -0.3 is 38.4 Å². The number of nitrogens with zero attached hydrogens (tertiary/aromatic N) is 1. The lowest BCUT2D eigenvalue weighted by Crippen LogP contribution is -2.57. The highest BCUT2D eigenvalue weighted by Gasteiger charge is 2.45. The first kappa shape index (κ1) is 40.0. The highest BCUT2D eigenvalue weighted by Crippen LogP contribution is 2.36. The van der Waals surface area contributed by atoms with Gasteiger partial charge in [0.05, 0.1) is 24.9 Å². The number of aliphatic hydroxyl groups is 1. The number of hydrogen-bond donors (Lipinski definition) is 1.